The van der Waals surface area contributed by atoms with Crippen molar-refractivity contribution in [1.29, 1.82) is 0 Å². The molecule has 0 radical (unpaired) electrons. The summed E-state index contributed by atoms with van der Waals surface area (Å²) < 4.78 is 8.52. The standard InChI is InChI=1S/C29H29BrN4O3/c1-3-37-26-11-7-6-10-25(26)34-27(31-24-9-5-4-8-23(24)29(34)36)20(2)32-16-18-33(19-17-32)28(35)21-12-14-22(30)15-13-21/h4-15,20H,3,16-19H2,1-2H3. The maximum Gasteiger partial charge on any atom is 0.266 e. The molecular weight excluding hydrogens is 532 g/mol. The molecule has 1 saturated heterocycles. The number of amides is 1. The van der Waals surface area contributed by atoms with E-state index in [1.807, 2.05) is 84.6 Å². The van der Waals surface area contributed by atoms with Gasteiger partial charge < -0.3 is 9.64 Å². The van der Waals surface area contributed by atoms with Crippen LogP contribution >= 0.6 is 15.9 Å². The first-order valence-corrected chi connectivity index (χ1v) is 13.3. The predicted molar refractivity (Wildman–Crippen MR) is 149 cm³/mol. The van der Waals surface area contributed by atoms with E-state index in [-0.39, 0.29) is 17.5 Å². The Hall–Kier alpha value is -3.49. The third-order valence-corrected chi connectivity index (χ3v) is 7.35. The lowest BCUT2D eigenvalue weighted by Crippen LogP contribution is -2.50. The minimum Gasteiger partial charge on any atom is -0.492 e. The van der Waals surface area contributed by atoms with E-state index in [9.17, 15) is 9.59 Å². The second kappa shape index (κ2) is 10.9. The number of nitrogens with zero attached hydrogens (tertiary/aromatic N) is 4. The summed E-state index contributed by atoms with van der Waals surface area (Å²) in [5.74, 6) is 1.33. The van der Waals surface area contributed by atoms with Crippen LogP contribution in [0.4, 0.5) is 0 Å². The fourth-order valence-electron chi connectivity index (χ4n) is 4.83. The zero-order chi connectivity index (χ0) is 25.9. The molecule has 0 saturated carbocycles. The molecule has 190 valence electrons. The van der Waals surface area contributed by atoms with E-state index in [1.54, 1.807) is 4.57 Å². The van der Waals surface area contributed by atoms with Gasteiger partial charge >= 0.3 is 0 Å². The summed E-state index contributed by atoms with van der Waals surface area (Å²) in [5.41, 5.74) is 1.91. The van der Waals surface area contributed by atoms with Crippen LogP contribution in [0.5, 0.6) is 5.75 Å². The van der Waals surface area contributed by atoms with Crippen molar-refractivity contribution in [3.63, 3.8) is 0 Å². The van der Waals surface area contributed by atoms with Gasteiger partial charge in [0.05, 0.1) is 29.2 Å². The lowest BCUT2D eigenvalue weighted by molar-refractivity contribution is 0.0573. The largest absolute Gasteiger partial charge is 0.492 e. The van der Waals surface area contributed by atoms with Crippen LogP contribution in [0.15, 0.2) is 82.1 Å². The van der Waals surface area contributed by atoms with Crippen LogP contribution in [0.1, 0.15) is 36.1 Å². The third-order valence-electron chi connectivity index (χ3n) is 6.82. The number of hydrogen-bond donors (Lipinski definition) is 0. The number of carbonyl (C=O) groups is 1. The lowest BCUT2D eigenvalue weighted by atomic mass is 10.1. The zero-order valence-electron chi connectivity index (χ0n) is 20.9. The van der Waals surface area contributed by atoms with Crippen LogP contribution in [0.2, 0.25) is 0 Å². The van der Waals surface area contributed by atoms with Crippen LogP contribution in [-0.2, 0) is 0 Å². The number of halogens is 1. The van der Waals surface area contributed by atoms with Gasteiger partial charge in [0.15, 0.2) is 0 Å². The summed E-state index contributed by atoms with van der Waals surface area (Å²) in [4.78, 5) is 36.0. The van der Waals surface area contributed by atoms with Crippen molar-refractivity contribution in [2.75, 3.05) is 32.8 Å². The summed E-state index contributed by atoms with van der Waals surface area (Å²) in [6.45, 7) is 7.06. The van der Waals surface area contributed by atoms with Crippen molar-refractivity contribution in [1.82, 2.24) is 19.4 Å². The van der Waals surface area contributed by atoms with E-state index in [0.717, 1.165) is 4.47 Å². The Morgan fingerprint density at radius 2 is 1.65 bits per heavy atom. The van der Waals surface area contributed by atoms with Crippen molar-refractivity contribution in [2.45, 2.75) is 19.9 Å². The minimum atomic E-state index is -0.156. The van der Waals surface area contributed by atoms with Gasteiger partial charge in [0, 0.05) is 36.2 Å². The van der Waals surface area contributed by atoms with Crippen LogP contribution < -0.4 is 10.3 Å². The number of para-hydroxylation sites is 3. The summed E-state index contributed by atoms with van der Waals surface area (Å²) >= 11 is 3.42. The molecule has 3 aromatic carbocycles. The molecule has 1 fully saturated rings. The molecule has 1 aliphatic heterocycles. The smallest absolute Gasteiger partial charge is 0.266 e. The van der Waals surface area contributed by atoms with E-state index in [0.29, 0.717) is 66.5 Å². The van der Waals surface area contributed by atoms with E-state index in [1.165, 1.54) is 0 Å². The molecule has 0 N–H and O–H groups in total. The Bertz CT molecular complexity index is 1480. The Morgan fingerprint density at radius 3 is 2.38 bits per heavy atom. The molecule has 7 nitrogen and oxygen atoms in total. The number of hydrogen-bond acceptors (Lipinski definition) is 5. The molecule has 1 unspecified atom stereocenters. The Balaban J connectivity index is 1.47. The topological polar surface area (TPSA) is 67.7 Å². The maximum absolute atomic E-state index is 13.8. The number of piperazine rings is 1. The van der Waals surface area contributed by atoms with Crippen LogP contribution in [0.25, 0.3) is 16.6 Å². The van der Waals surface area contributed by atoms with Gasteiger partial charge in [0.25, 0.3) is 11.5 Å². The fourth-order valence-corrected chi connectivity index (χ4v) is 5.10. The second-order valence-corrected chi connectivity index (χ2v) is 9.96. The molecule has 5 rings (SSSR count). The molecule has 4 aromatic rings. The van der Waals surface area contributed by atoms with Gasteiger partial charge in [0.2, 0.25) is 0 Å². The lowest BCUT2D eigenvalue weighted by Gasteiger charge is -2.38. The molecule has 0 spiro atoms. The highest BCUT2D eigenvalue weighted by Gasteiger charge is 2.29. The fraction of sp³-hybridized carbons (Fsp3) is 0.276. The number of rotatable bonds is 6. The average molecular weight is 561 g/mol. The molecule has 0 aliphatic carbocycles. The highest BCUT2D eigenvalue weighted by atomic mass is 79.9. The average Bonchev–Trinajstić information content (AvgIpc) is 2.93. The van der Waals surface area contributed by atoms with Gasteiger partial charge in [-0.1, -0.05) is 40.2 Å². The quantitative estimate of drug-likeness (QED) is 0.329. The minimum absolute atomic E-state index is 0.0335. The van der Waals surface area contributed by atoms with Gasteiger partial charge in [-0.3, -0.25) is 19.1 Å². The molecule has 37 heavy (non-hydrogen) atoms. The van der Waals surface area contributed by atoms with Crippen LogP contribution in [-0.4, -0.2) is 58.0 Å². The normalized spacial score (nSPS) is 15.1. The molecule has 1 aromatic heterocycles. The molecule has 2 heterocycles. The van der Waals surface area contributed by atoms with Crippen molar-refractivity contribution in [3.05, 3.63) is 99.0 Å². The van der Waals surface area contributed by atoms with Crippen molar-refractivity contribution in [3.8, 4) is 11.4 Å². The predicted octanol–water partition coefficient (Wildman–Crippen LogP) is 5.07. The molecule has 1 atom stereocenters. The molecule has 1 amide bonds. The summed E-state index contributed by atoms with van der Waals surface area (Å²) in [7, 11) is 0. The van der Waals surface area contributed by atoms with Crippen LogP contribution in [0.3, 0.4) is 0 Å². The number of benzene rings is 3. The summed E-state index contributed by atoms with van der Waals surface area (Å²) in [6.07, 6.45) is 0. The second-order valence-electron chi connectivity index (χ2n) is 9.04. The van der Waals surface area contributed by atoms with E-state index >= 15 is 0 Å². The van der Waals surface area contributed by atoms with Crippen molar-refractivity contribution >= 4 is 32.7 Å². The van der Waals surface area contributed by atoms with Gasteiger partial charge in [0.1, 0.15) is 11.6 Å². The maximum atomic E-state index is 13.8. The Morgan fingerprint density at radius 1 is 0.973 bits per heavy atom. The van der Waals surface area contributed by atoms with Crippen molar-refractivity contribution in [2.24, 2.45) is 0 Å². The molecule has 1 aliphatic rings. The first kappa shape index (κ1) is 25.2. The number of carbonyl (C=O) groups excluding carboxylic acids is 1. The third kappa shape index (κ3) is 5.04. The van der Waals surface area contributed by atoms with Gasteiger partial charge in [-0.05, 0) is 62.4 Å². The van der Waals surface area contributed by atoms with Gasteiger partial charge in [-0.2, -0.15) is 0 Å². The first-order chi connectivity index (χ1) is 18.0. The van der Waals surface area contributed by atoms with Crippen LogP contribution in [0, 0.1) is 0 Å². The Kier molecular flexibility index (Phi) is 7.39. The molecule has 8 heteroatoms. The highest BCUT2D eigenvalue weighted by molar-refractivity contribution is 9.10. The van der Waals surface area contributed by atoms with E-state index in [2.05, 4.69) is 27.8 Å². The number of fused-ring (bicyclic) bond motifs is 1. The number of aromatic nitrogens is 2. The molecule has 0 bridgehead atoms. The monoisotopic (exact) mass is 560 g/mol. The van der Waals surface area contributed by atoms with Gasteiger partial charge in [-0.25, -0.2) is 4.98 Å². The van der Waals surface area contributed by atoms with E-state index < -0.39 is 0 Å². The zero-order valence-corrected chi connectivity index (χ0v) is 22.5. The first-order valence-electron chi connectivity index (χ1n) is 12.5. The molecular formula is C29H29BrN4O3. The summed E-state index contributed by atoms with van der Waals surface area (Å²) in [6, 6.07) is 22.3. The van der Waals surface area contributed by atoms with Gasteiger partial charge in [-0.15, -0.1) is 0 Å². The SMILES string of the molecule is CCOc1ccccc1-n1c(C(C)N2CCN(C(=O)c3ccc(Br)cc3)CC2)nc2ccccc2c1=O. The van der Waals surface area contributed by atoms with E-state index in [4.69, 9.17) is 9.72 Å². The summed E-state index contributed by atoms with van der Waals surface area (Å²) in [5, 5.41) is 0.565. The highest BCUT2D eigenvalue weighted by Crippen LogP contribution is 2.28. The Labute approximate surface area is 224 Å². The van der Waals surface area contributed by atoms with Crippen molar-refractivity contribution < 1.29 is 9.53 Å². The number of ether oxygens (including phenoxy) is 1.